The molecule has 0 spiro atoms. The molecule has 2 rings (SSSR count). The maximum Gasteiger partial charge on any atom is 0.254 e. The van der Waals surface area contributed by atoms with Crippen LogP contribution < -0.4 is 11.1 Å². The highest BCUT2D eigenvalue weighted by Gasteiger charge is 2.16. The number of halogens is 1. The first-order chi connectivity index (χ1) is 8.66. The first-order valence-electron chi connectivity index (χ1n) is 6.36. The van der Waals surface area contributed by atoms with E-state index in [4.69, 9.17) is 17.3 Å². The highest BCUT2D eigenvalue weighted by molar-refractivity contribution is 6.32. The Hall–Kier alpha value is -1.29. The summed E-state index contributed by atoms with van der Waals surface area (Å²) in [6.07, 6.45) is 7.68. The van der Waals surface area contributed by atoms with E-state index in [2.05, 4.69) is 10.3 Å². The number of rotatable bonds is 3. The number of carbonyl (C=O) groups excluding carboxylic acids is 1. The molecule has 0 aromatic carbocycles. The fourth-order valence-corrected chi connectivity index (χ4v) is 2.54. The molecule has 0 radical (unpaired) electrons. The molecule has 1 aliphatic carbocycles. The zero-order valence-electron chi connectivity index (χ0n) is 10.3. The fraction of sp³-hybridized carbons (Fsp3) is 0.538. The second kappa shape index (κ2) is 6.05. The Balaban J connectivity index is 1.92. The van der Waals surface area contributed by atoms with Crippen LogP contribution in [0.2, 0.25) is 5.15 Å². The third-order valence-corrected chi connectivity index (χ3v) is 3.68. The molecular weight excluding hydrogens is 250 g/mol. The minimum Gasteiger partial charge on any atom is -0.397 e. The maximum atomic E-state index is 12.0. The van der Waals surface area contributed by atoms with Gasteiger partial charge in [0.2, 0.25) is 0 Å². The first kappa shape index (κ1) is 13.1. The van der Waals surface area contributed by atoms with E-state index in [-0.39, 0.29) is 11.1 Å². The van der Waals surface area contributed by atoms with Gasteiger partial charge in [-0.3, -0.25) is 4.79 Å². The molecule has 1 heterocycles. The van der Waals surface area contributed by atoms with Crippen LogP contribution in [0.15, 0.2) is 12.3 Å². The molecule has 1 fully saturated rings. The van der Waals surface area contributed by atoms with Crippen LogP contribution in [0, 0.1) is 5.92 Å². The minimum absolute atomic E-state index is 0.189. The van der Waals surface area contributed by atoms with Crippen LogP contribution in [0.5, 0.6) is 0 Å². The van der Waals surface area contributed by atoms with Crippen LogP contribution in [0.25, 0.3) is 0 Å². The molecule has 4 nitrogen and oxygen atoms in total. The van der Waals surface area contributed by atoms with Gasteiger partial charge in [0.25, 0.3) is 5.91 Å². The van der Waals surface area contributed by atoms with Gasteiger partial charge in [0.1, 0.15) is 5.15 Å². The Labute approximate surface area is 112 Å². The van der Waals surface area contributed by atoms with Gasteiger partial charge in [0, 0.05) is 6.54 Å². The monoisotopic (exact) mass is 267 g/mol. The number of nitrogens with two attached hydrogens (primary N) is 1. The van der Waals surface area contributed by atoms with Crippen molar-refractivity contribution in [2.24, 2.45) is 5.92 Å². The van der Waals surface area contributed by atoms with Gasteiger partial charge in [-0.2, -0.15) is 0 Å². The molecule has 3 N–H and O–H groups in total. The van der Waals surface area contributed by atoms with Crippen LogP contribution in [0.3, 0.4) is 0 Å². The van der Waals surface area contributed by atoms with Gasteiger partial charge in [-0.1, -0.05) is 30.9 Å². The maximum absolute atomic E-state index is 12.0. The number of carbonyl (C=O) groups is 1. The average molecular weight is 268 g/mol. The summed E-state index contributed by atoms with van der Waals surface area (Å²) in [6.45, 7) is 0.712. The van der Waals surface area contributed by atoms with E-state index in [0.29, 0.717) is 23.7 Å². The van der Waals surface area contributed by atoms with Crippen molar-refractivity contribution in [3.8, 4) is 0 Å². The molecule has 98 valence electrons. The molecule has 1 amide bonds. The average Bonchev–Trinajstić information content (AvgIpc) is 2.40. The lowest BCUT2D eigenvalue weighted by atomic mass is 9.89. The predicted octanol–water partition coefficient (Wildman–Crippen LogP) is 2.63. The Morgan fingerprint density at radius 1 is 1.44 bits per heavy atom. The van der Waals surface area contributed by atoms with E-state index in [9.17, 15) is 4.79 Å². The number of nitrogens with zero attached hydrogens (tertiary/aromatic N) is 1. The molecule has 1 aromatic rings. The molecule has 1 aromatic heterocycles. The molecule has 0 atom stereocenters. The van der Waals surface area contributed by atoms with Crippen molar-refractivity contribution >= 4 is 23.2 Å². The number of hydrogen-bond donors (Lipinski definition) is 2. The van der Waals surface area contributed by atoms with Crippen molar-refractivity contribution < 1.29 is 4.79 Å². The molecule has 1 saturated carbocycles. The molecule has 0 saturated heterocycles. The second-order valence-corrected chi connectivity index (χ2v) is 5.18. The van der Waals surface area contributed by atoms with E-state index < -0.39 is 0 Å². The molecule has 5 heteroatoms. The second-order valence-electron chi connectivity index (χ2n) is 4.82. The summed E-state index contributed by atoms with van der Waals surface area (Å²) in [5.41, 5.74) is 6.40. The topological polar surface area (TPSA) is 68.0 Å². The van der Waals surface area contributed by atoms with Gasteiger partial charge in [0.05, 0.1) is 17.4 Å². The van der Waals surface area contributed by atoms with Gasteiger partial charge in [-0.25, -0.2) is 4.98 Å². The van der Waals surface area contributed by atoms with Gasteiger partial charge in [-0.05, 0) is 24.8 Å². The summed E-state index contributed by atoms with van der Waals surface area (Å²) in [5.74, 6) is 0.404. The number of amides is 1. The predicted molar refractivity (Wildman–Crippen MR) is 72.6 cm³/mol. The van der Waals surface area contributed by atoms with Gasteiger partial charge in [0.15, 0.2) is 0 Å². The summed E-state index contributed by atoms with van der Waals surface area (Å²) < 4.78 is 0. The van der Waals surface area contributed by atoms with E-state index in [0.717, 1.165) is 0 Å². The summed E-state index contributed by atoms with van der Waals surface area (Å²) >= 11 is 5.89. The van der Waals surface area contributed by atoms with Crippen LogP contribution >= 0.6 is 11.6 Å². The Morgan fingerprint density at radius 2 is 2.17 bits per heavy atom. The summed E-state index contributed by atoms with van der Waals surface area (Å²) in [5, 5.41) is 3.12. The fourth-order valence-electron chi connectivity index (χ4n) is 2.35. The van der Waals surface area contributed by atoms with Crippen molar-refractivity contribution in [1.29, 1.82) is 0 Å². The lowest BCUT2D eigenvalue weighted by Crippen LogP contribution is -2.30. The first-order valence-corrected chi connectivity index (χ1v) is 6.74. The van der Waals surface area contributed by atoms with Crippen LogP contribution in [0.4, 0.5) is 5.69 Å². The SMILES string of the molecule is Nc1cnc(Cl)c(C(=O)NCC2CCCCC2)c1. The standard InChI is InChI=1S/C13H18ClN3O/c14-12-11(6-10(15)8-16-12)13(18)17-7-9-4-2-1-3-5-9/h6,8-9H,1-5,7,15H2,(H,17,18). The van der Waals surface area contributed by atoms with Crippen molar-refractivity contribution in [2.75, 3.05) is 12.3 Å². The van der Waals surface area contributed by atoms with Gasteiger partial charge < -0.3 is 11.1 Å². The third-order valence-electron chi connectivity index (χ3n) is 3.38. The largest absolute Gasteiger partial charge is 0.397 e. The number of anilines is 1. The third kappa shape index (κ3) is 3.35. The Morgan fingerprint density at radius 3 is 2.89 bits per heavy atom. The molecule has 18 heavy (non-hydrogen) atoms. The number of aromatic nitrogens is 1. The zero-order valence-corrected chi connectivity index (χ0v) is 11.0. The minimum atomic E-state index is -0.189. The molecule has 0 bridgehead atoms. The number of hydrogen-bond acceptors (Lipinski definition) is 3. The van der Waals surface area contributed by atoms with Crippen molar-refractivity contribution in [1.82, 2.24) is 10.3 Å². The van der Waals surface area contributed by atoms with Crippen molar-refractivity contribution in [2.45, 2.75) is 32.1 Å². The molecule has 0 aliphatic heterocycles. The lowest BCUT2D eigenvalue weighted by Gasteiger charge is -2.21. The van der Waals surface area contributed by atoms with Crippen LogP contribution in [0.1, 0.15) is 42.5 Å². The quantitative estimate of drug-likeness (QED) is 0.828. The van der Waals surface area contributed by atoms with Gasteiger partial charge >= 0.3 is 0 Å². The highest BCUT2D eigenvalue weighted by Crippen LogP contribution is 2.23. The highest BCUT2D eigenvalue weighted by atomic mass is 35.5. The summed E-state index contributed by atoms with van der Waals surface area (Å²) in [6, 6.07) is 1.56. The molecule has 0 unspecified atom stereocenters. The van der Waals surface area contributed by atoms with E-state index in [1.54, 1.807) is 6.07 Å². The normalized spacial score (nSPS) is 16.5. The number of pyridine rings is 1. The number of nitrogen functional groups attached to an aromatic ring is 1. The molecule has 1 aliphatic rings. The summed E-state index contributed by atoms with van der Waals surface area (Å²) in [7, 11) is 0. The smallest absolute Gasteiger partial charge is 0.254 e. The molecular formula is C13H18ClN3O. The summed E-state index contributed by atoms with van der Waals surface area (Å²) in [4.78, 5) is 15.8. The van der Waals surface area contributed by atoms with Crippen molar-refractivity contribution in [3.63, 3.8) is 0 Å². The van der Waals surface area contributed by atoms with E-state index in [1.807, 2.05) is 0 Å². The lowest BCUT2D eigenvalue weighted by molar-refractivity contribution is 0.0943. The van der Waals surface area contributed by atoms with Crippen molar-refractivity contribution in [3.05, 3.63) is 23.0 Å². The van der Waals surface area contributed by atoms with E-state index >= 15 is 0 Å². The Kier molecular flexibility index (Phi) is 4.42. The Bertz CT molecular complexity index is 430. The zero-order chi connectivity index (χ0) is 13.0. The van der Waals surface area contributed by atoms with E-state index in [1.165, 1.54) is 38.3 Å². The van der Waals surface area contributed by atoms with Crippen LogP contribution in [-0.4, -0.2) is 17.4 Å². The van der Waals surface area contributed by atoms with Gasteiger partial charge in [-0.15, -0.1) is 0 Å². The van der Waals surface area contributed by atoms with Crippen LogP contribution in [-0.2, 0) is 0 Å². The number of nitrogens with one attached hydrogen (secondary N) is 1.